The number of halogens is 2. The van der Waals surface area contributed by atoms with Gasteiger partial charge in [-0.2, -0.15) is 10.2 Å². The van der Waals surface area contributed by atoms with Gasteiger partial charge in [-0.3, -0.25) is 0 Å². The Morgan fingerprint density at radius 3 is 1.26 bits per heavy atom. The second-order valence-corrected chi connectivity index (χ2v) is 19.3. The summed E-state index contributed by atoms with van der Waals surface area (Å²) in [5, 5.41) is 79.0. The molecule has 6 atom stereocenters. The van der Waals surface area contributed by atoms with Gasteiger partial charge in [0, 0.05) is 108 Å². The van der Waals surface area contributed by atoms with Crippen LogP contribution in [0.4, 0.5) is 31.8 Å². The van der Waals surface area contributed by atoms with Gasteiger partial charge in [0.15, 0.2) is 0 Å². The maximum absolute atomic E-state index is 13.9. The molecule has 19 heteroatoms. The molecule has 0 radical (unpaired) electrons. The zero-order valence-electron chi connectivity index (χ0n) is 45.4. The molecule has 0 aliphatic rings. The van der Waals surface area contributed by atoms with Crippen molar-refractivity contribution in [2.75, 3.05) is 10.6 Å². The molecule has 0 saturated carbocycles. The first-order chi connectivity index (χ1) is 38.5. The molecule has 0 bridgehead atoms. The zero-order chi connectivity index (χ0) is 57.3. The van der Waals surface area contributed by atoms with E-state index >= 15 is 0 Å². The van der Waals surface area contributed by atoms with Crippen molar-refractivity contribution < 1.29 is 49.0 Å². The number of aromatic nitrogens is 6. The van der Waals surface area contributed by atoms with Gasteiger partial charge in [-0.15, -0.1) is 0 Å². The Labute approximate surface area is 499 Å². The molecule has 4 aromatic carbocycles. The molecule has 4 heterocycles. The first-order valence-electron chi connectivity index (χ1n) is 26.3. The van der Waals surface area contributed by atoms with E-state index in [1.54, 1.807) is 58.2 Å². The predicted molar refractivity (Wildman–Crippen MR) is 307 cm³/mol. The molecule has 0 aliphatic carbocycles. The SMILES string of the molecule is CCC(C)c1nn(-c2ccnc(Nc3ccccc3)c2)c(-c2ccc(F)cc2)c1/C=C/[C@@H](O)C[C@@H](O)CC(=O)[O-].CCC(C)c1nn(-c2ccnc(Nc3ccccc3)c2)c(-c2ccc(F)cc2)c1/C=C/[C@@H](O)C[C@@H](O)CC(=O)[O-].[Ca+2]. The monoisotopic (exact) mass is 1130 g/mol. The van der Waals surface area contributed by atoms with E-state index in [0.717, 1.165) is 58.1 Å². The van der Waals surface area contributed by atoms with Gasteiger partial charge >= 0.3 is 37.7 Å². The van der Waals surface area contributed by atoms with E-state index in [0.29, 0.717) is 34.2 Å². The van der Waals surface area contributed by atoms with E-state index < -0.39 is 49.2 Å². The molecule has 8 aromatic rings. The summed E-state index contributed by atoms with van der Waals surface area (Å²) in [5.41, 5.74) is 9.00. The summed E-state index contributed by atoms with van der Waals surface area (Å²) in [7, 11) is 0. The molecule has 16 nitrogen and oxygen atoms in total. The number of carbonyl (C=O) groups is 2. The number of nitrogens with zero attached hydrogens (tertiary/aromatic N) is 6. The van der Waals surface area contributed by atoms with E-state index in [1.165, 1.54) is 36.4 Å². The van der Waals surface area contributed by atoms with Crippen LogP contribution < -0.4 is 20.8 Å². The molecule has 2 unspecified atom stereocenters. The second-order valence-electron chi connectivity index (χ2n) is 19.3. The van der Waals surface area contributed by atoms with Gasteiger partial charge in [0.2, 0.25) is 0 Å². The Bertz CT molecular complexity index is 3140. The third kappa shape index (κ3) is 17.8. The summed E-state index contributed by atoms with van der Waals surface area (Å²) < 4.78 is 31.3. The fraction of sp³-hybridized carbons (Fsp3) is 0.258. The van der Waals surface area contributed by atoms with Crippen LogP contribution in [0, 0.1) is 11.6 Å². The van der Waals surface area contributed by atoms with E-state index in [1.807, 2.05) is 113 Å². The molecule has 6 N–H and O–H groups in total. The summed E-state index contributed by atoms with van der Waals surface area (Å²) in [5.74, 6) is -2.20. The van der Waals surface area contributed by atoms with Gasteiger partial charge in [-0.25, -0.2) is 28.1 Å². The molecule has 0 amide bonds. The summed E-state index contributed by atoms with van der Waals surface area (Å²) in [6.45, 7) is 8.20. The first kappa shape index (κ1) is 62.8. The predicted octanol–water partition coefficient (Wildman–Crippen LogP) is 8.81. The quantitative estimate of drug-likeness (QED) is 0.0310. The molecule has 81 heavy (non-hydrogen) atoms. The van der Waals surface area contributed by atoms with Crippen LogP contribution in [0.1, 0.15) is 101 Å². The Balaban J connectivity index is 0.000000258. The van der Waals surface area contributed by atoms with Crippen molar-refractivity contribution in [1.29, 1.82) is 0 Å². The number of carboxylic acid groups (broad SMARTS) is 2. The average molecular weight is 1130 g/mol. The maximum Gasteiger partial charge on any atom is 2.00 e. The molecule has 0 saturated heterocycles. The third-order valence-corrected chi connectivity index (χ3v) is 13.2. The number of aliphatic carboxylic acids is 2. The van der Waals surface area contributed by atoms with Crippen LogP contribution in [0.2, 0.25) is 0 Å². The third-order valence-electron chi connectivity index (χ3n) is 13.2. The number of anilines is 4. The fourth-order valence-corrected chi connectivity index (χ4v) is 8.74. The largest absolute Gasteiger partial charge is 2.00 e. The number of aliphatic hydroxyl groups is 4. The summed E-state index contributed by atoms with van der Waals surface area (Å²) >= 11 is 0. The minimum atomic E-state index is -1.39. The maximum atomic E-state index is 13.9. The van der Waals surface area contributed by atoms with E-state index in [2.05, 4.69) is 20.6 Å². The smallest absolute Gasteiger partial charge is 0.550 e. The van der Waals surface area contributed by atoms with Gasteiger partial charge in [0.25, 0.3) is 0 Å². The van der Waals surface area contributed by atoms with E-state index in [9.17, 15) is 49.0 Å². The Kier molecular flexibility index (Phi) is 23.6. The number of hydrogen-bond acceptors (Lipinski definition) is 14. The van der Waals surface area contributed by atoms with Crippen molar-refractivity contribution in [3.8, 4) is 33.9 Å². The minimum absolute atomic E-state index is 0. The van der Waals surface area contributed by atoms with Crippen LogP contribution in [0.3, 0.4) is 0 Å². The van der Waals surface area contributed by atoms with Crippen LogP contribution >= 0.6 is 0 Å². The molecule has 416 valence electrons. The number of aliphatic hydroxyl groups excluding tert-OH is 4. The minimum Gasteiger partial charge on any atom is -0.550 e. The Hall–Kier alpha value is -7.42. The summed E-state index contributed by atoms with van der Waals surface area (Å²) in [4.78, 5) is 30.5. The topological polar surface area (TPSA) is 247 Å². The molecule has 4 aromatic heterocycles. The number of pyridine rings is 2. The van der Waals surface area contributed by atoms with Crippen LogP contribution in [-0.4, -0.2) is 124 Å². The van der Waals surface area contributed by atoms with Crippen molar-refractivity contribution in [1.82, 2.24) is 29.5 Å². The van der Waals surface area contributed by atoms with Crippen LogP contribution in [0.15, 0.2) is 158 Å². The molecule has 0 aliphatic heterocycles. The fourth-order valence-electron chi connectivity index (χ4n) is 8.74. The number of nitrogens with one attached hydrogen (secondary N) is 2. The summed E-state index contributed by atoms with van der Waals surface area (Å²) in [6.07, 6.45) is 5.25. The molecular formula is C62H64CaF2N8O8. The first-order valence-corrected chi connectivity index (χ1v) is 26.3. The van der Waals surface area contributed by atoms with Gasteiger partial charge in [0.1, 0.15) is 23.3 Å². The van der Waals surface area contributed by atoms with Crippen molar-refractivity contribution >= 4 is 84.8 Å². The van der Waals surface area contributed by atoms with Gasteiger partial charge in [-0.1, -0.05) is 88.4 Å². The van der Waals surface area contributed by atoms with E-state index in [4.69, 9.17) is 10.2 Å². The van der Waals surface area contributed by atoms with Crippen molar-refractivity contribution in [2.24, 2.45) is 0 Å². The van der Waals surface area contributed by atoms with Gasteiger partial charge < -0.3 is 50.9 Å². The van der Waals surface area contributed by atoms with Crippen molar-refractivity contribution in [2.45, 2.75) is 102 Å². The Morgan fingerprint density at radius 1 is 0.568 bits per heavy atom. The zero-order valence-corrected chi connectivity index (χ0v) is 47.6. The van der Waals surface area contributed by atoms with Crippen LogP contribution in [-0.2, 0) is 9.59 Å². The number of carboxylic acids is 2. The number of benzene rings is 4. The van der Waals surface area contributed by atoms with Crippen LogP contribution in [0.5, 0.6) is 0 Å². The molecule has 8 rings (SSSR count). The number of hydrogen-bond donors (Lipinski definition) is 6. The second kappa shape index (κ2) is 30.4. The number of para-hydroxylation sites is 2. The van der Waals surface area contributed by atoms with Gasteiger partial charge in [0.05, 0.1) is 58.6 Å². The van der Waals surface area contributed by atoms with Crippen molar-refractivity contribution in [3.63, 3.8) is 0 Å². The van der Waals surface area contributed by atoms with Gasteiger partial charge in [-0.05, 0) is 97.8 Å². The molecule has 0 spiro atoms. The standard InChI is InChI=1S/2C31H33FN4O4.Ca/c2*1-3-20(2)30-27(14-13-25(37)18-26(38)19-29(39)40)31(21-9-11-22(32)12-10-21)36(35-30)24-15-16-33-28(17-24)34-23-7-5-4-6-8-23;/h2*4-17,20,25-26,37-38H,3,18-19H2,1-2H3,(H,33,34)(H,39,40);/q;;+2/p-2/b2*14-13+;/t2*20?,25-,26-;/m11./s1. The Morgan fingerprint density at radius 2 is 0.926 bits per heavy atom. The molecule has 0 fully saturated rings. The number of rotatable bonds is 24. The molecular weight excluding hydrogens is 1060 g/mol. The average Bonchev–Trinajstić information content (AvgIpc) is 4.02. The van der Waals surface area contributed by atoms with Crippen LogP contribution in [0.25, 0.3) is 46.0 Å². The normalized spacial score (nSPS) is 13.6. The number of carbonyl (C=O) groups excluding carboxylic acids is 2. The van der Waals surface area contributed by atoms with Crippen molar-refractivity contribution in [3.05, 3.63) is 192 Å². The van der Waals surface area contributed by atoms with E-state index in [-0.39, 0.29) is 74.1 Å². The summed E-state index contributed by atoms with van der Waals surface area (Å²) in [6, 6.07) is 38.9.